The van der Waals surface area contributed by atoms with Gasteiger partial charge in [-0.05, 0) is 24.6 Å². The molecule has 0 amide bonds. The molecule has 5 nitrogen and oxygen atoms in total. The van der Waals surface area contributed by atoms with Crippen LogP contribution >= 0.6 is 11.6 Å². The molecule has 1 aromatic carbocycles. The summed E-state index contributed by atoms with van der Waals surface area (Å²) < 4.78 is 0. The largest absolute Gasteiger partial charge is 0.306 e. The van der Waals surface area contributed by atoms with Crippen LogP contribution in [-0.2, 0) is 6.54 Å². The van der Waals surface area contributed by atoms with E-state index in [-0.39, 0.29) is 11.7 Å². The summed E-state index contributed by atoms with van der Waals surface area (Å²) in [5, 5.41) is 14.6. The summed E-state index contributed by atoms with van der Waals surface area (Å²) in [6.07, 6.45) is 3.47. The topological polar surface area (TPSA) is 68.1 Å². The summed E-state index contributed by atoms with van der Waals surface area (Å²) >= 11 is 6.05. The number of pyridine rings is 1. The van der Waals surface area contributed by atoms with Crippen LogP contribution < -0.4 is 5.32 Å². The second-order valence-electron chi connectivity index (χ2n) is 4.38. The van der Waals surface area contributed by atoms with Crippen LogP contribution in [0.4, 0.5) is 5.69 Å². The molecule has 6 heteroatoms. The van der Waals surface area contributed by atoms with E-state index in [4.69, 9.17) is 11.6 Å². The number of nitro groups is 1. The smallest absolute Gasteiger partial charge is 0.275 e. The summed E-state index contributed by atoms with van der Waals surface area (Å²) in [4.78, 5) is 14.6. The molecule has 1 N–H and O–H groups in total. The average molecular weight is 292 g/mol. The van der Waals surface area contributed by atoms with Gasteiger partial charge in [-0.1, -0.05) is 23.7 Å². The Morgan fingerprint density at radius 3 is 2.85 bits per heavy atom. The van der Waals surface area contributed by atoms with E-state index in [0.717, 1.165) is 5.56 Å². The fourth-order valence-corrected chi connectivity index (χ4v) is 2.13. The molecular weight excluding hydrogens is 278 g/mol. The molecule has 20 heavy (non-hydrogen) atoms. The van der Waals surface area contributed by atoms with Crippen molar-refractivity contribution in [2.24, 2.45) is 0 Å². The lowest BCUT2D eigenvalue weighted by Crippen LogP contribution is -2.19. The van der Waals surface area contributed by atoms with Crippen LogP contribution in [0.2, 0.25) is 5.02 Å². The Labute approximate surface area is 121 Å². The maximum Gasteiger partial charge on any atom is 0.275 e. The van der Waals surface area contributed by atoms with Gasteiger partial charge in [-0.15, -0.1) is 0 Å². The number of aromatic nitrogens is 1. The fraction of sp³-hybridized carbons (Fsp3) is 0.214. The van der Waals surface area contributed by atoms with Crippen LogP contribution in [0, 0.1) is 10.1 Å². The number of halogens is 1. The monoisotopic (exact) mass is 291 g/mol. The molecule has 0 bridgehead atoms. The van der Waals surface area contributed by atoms with Crippen molar-refractivity contribution in [3.63, 3.8) is 0 Å². The average Bonchev–Trinajstić information content (AvgIpc) is 2.46. The Hall–Kier alpha value is -1.98. The minimum atomic E-state index is -0.419. The van der Waals surface area contributed by atoms with E-state index >= 15 is 0 Å². The Morgan fingerprint density at radius 2 is 2.20 bits per heavy atom. The van der Waals surface area contributed by atoms with Crippen LogP contribution in [0.3, 0.4) is 0 Å². The third-order valence-corrected chi connectivity index (χ3v) is 3.41. The van der Waals surface area contributed by atoms with E-state index < -0.39 is 4.92 Å². The highest BCUT2D eigenvalue weighted by Gasteiger charge is 2.17. The van der Waals surface area contributed by atoms with Gasteiger partial charge in [0.1, 0.15) is 0 Å². The number of hydrogen-bond donors (Lipinski definition) is 1. The third kappa shape index (κ3) is 3.31. The second kappa shape index (κ2) is 6.45. The molecule has 1 atom stereocenters. The number of benzene rings is 1. The van der Waals surface area contributed by atoms with Gasteiger partial charge in [0.05, 0.1) is 15.5 Å². The summed E-state index contributed by atoms with van der Waals surface area (Å²) in [7, 11) is 0. The van der Waals surface area contributed by atoms with Gasteiger partial charge in [0, 0.05) is 31.0 Å². The highest BCUT2D eigenvalue weighted by atomic mass is 35.5. The van der Waals surface area contributed by atoms with Crippen molar-refractivity contribution in [3.8, 4) is 0 Å². The lowest BCUT2D eigenvalue weighted by molar-refractivity contribution is -0.385. The Balaban J connectivity index is 2.13. The van der Waals surface area contributed by atoms with Crippen LogP contribution in [0.15, 0.2) is 42.7 Å². The molecule has 1 aromatic heterocycles. The van der Waals surface area contributed by atoms with E-state index in [1.54, 1.807) is 24.5 Å². The highest BCUT2D eigenvalue weighted by Crippen LogP contribution is 2.26. The van der Waals surface area contributed by atoms with Gasteiger partial charge in [0.15, 0.2) is 0 Å². The molecule has 0 unspecified atom stereocenters. The molecule has 0 fully saturated rings. The lowest BCUT2D eigenvalue weighted by Gasteiger charge is -2.14. The third-order valence-electron chi connectivity index (χ3n) is 3.06. The lowest BCUT2D eigenvalue weighted by atomic mass is 10.1. The number of rotatable bonds is 5. The molecule has 0 spiro atoms. The zero-order valence-corrected chi connectivity index (χ0v) is 11.7. The van der Waals surface area contributed by atoms with Crippen LogP contribution in [0.25, 0.3) is 0 Å². The SMILES string of the molecule is C[C@@H](NCc1c(Cl)cccc1[N+](=O)[O-])c1cccnc1. The fourth-order valence-electron chi connectivity index (χ4n) is 1.90. The standard InChI is InChI=1S/C14H14ClN3O2/c1-10(11-4-3-7-16-8-11)17-9-12-13(15)5-2-6-14(12)18(19)20/h2-8,10,17H,9H2,1H3/t10-/m1/s1. The van der Waals surface area contributed by atoms with Crippen molar-refractivity contribution in [1.29, 1.82) is 0 Å². The van der Waals surface area contributed by atoms with Crippen molar-refractivity contribution in [1.82, 2.24) is 10.3 Å². The van der Waals surface area contributed by atoms with Gasteiger partial charge in [0.2, 0.25) is 0 Å². The summed E-state index contributed by atoms with van der Waals surface area (Å²) in [5.41, 5.74) is 1.54. The van der Waals surface area contributed by atoms with Gasteiger partial charge in [-0.3, -0.25) is 15.1 Å². The molecule has 0 saturated heterocycles. The zero-order valence-electron chi connectivity index (χ0n) is 10.9. The molecule has 0 saturated carbocycles. The van der Waals surface area contributed by atoms with Crippen LogP contribution in [-0.4, -0.2) is 9.91 Å². The van der Waals surface area contributed by atoms with Gasteiger partial charge in [-0.25, -0.2) is 0 Å². The predicted octanol–water partition coefficient (Wildman–Crippen LogP) is 3.49. The highest BCUT2D eigenvalue weighted by molar-refractivity contribution is 6.31. The van der Waals surface area contributed by atoms with Crippen molar-refractivity contribution in [2.45, 2.75) is 19.5 Å². The summed E-state index contributed by atoms with van der Waals surface area (Å²) in [6, 6.07) is 8.52. The first-order valence-corrected chi connectivity index (χ1v) is 6.52. The molecule has 2 aromatic rings. The summed E-state index contributed by atoms with van der Waals surface area (Å²) in [6.45, 7) is 2.30. The molecule has 0 aliphatic carbocycles. The first-order chi connectivity index (χ1) is 9.59. The number of nitrogens with zero attached hydrogens (tertiary/aromatic N) is 2. The molecule has 1 heterocycles. The van der Waals surface area contributed by atoms with Crippen molar-refractivity contribution >= 4 is 17.3 Å². The van der Waals surface area contributed by atoms with Crippen LogP contribution in [0.5, 0.6) is 0 Å². The molecule has 2 rings (SSSR count). The number of nitro benzene ring substituents is 1. The zero-order chi connectivity index (χ0) is 14.5. The van der Waals surface area contributed by atoms with Gasteiger partial charge < -0.3 is 5.32 Å². The Morgan fingerprint density at radius 1 is 1.40 bits per heavy atom. The van der Waals surface area contributed by atoms with Crippen molar-refractivity contribution < 1.29 is 4.92 Å². The molecule has 0 radical (unpaired) electrons. The van der Waals surface area contributed by atoms with Gasteiger partial charge in [-0.2, -0.15) is 0 Å². The van der Waals surface area contributed by atoms with Crippen LogP contribution in [0.1, 0.15) is 24.1 Å². The minimum absolute atomic E-state index is 0.0274. The minimum Gasteiger partial charge on any atom is -0.306 e. The quantitative estimate of drug-likeness (QED) is 0.676. The van der Waals surface area contributed by atoms with E-state index in [2.05, 4.69) is 10.3 Å². The molecule has 0 aliphatic heterocycles. The first-order valence-electron chi connectivity index (χ1n) is 6.14. The normalized spacial score (nSPS) is 12.1. The number of hydrogen-bond acceptors (Lipinski definition) is 4. The van der Waals surface area contributed by atoms with E-state index in [1.807, 2.05) is 19.1 Å². The van der Waals surface area contributed by atoms with Gasteiger partial charge in [0.25, 0.3) is 5.69 Å². The van der Waals surface area contributed by atoms with E-state index in [0.29, 0.717) is 17.1 Å². The van der Waals surface area contributed by atoms with E-state index in [9.17, 15) is 10.1 Å². The maximum absolute atomic E-state index is 11.0. The predicted molar refractivity (Wildman–Crippen MR) is 77.6 cm³/mol. The first kappa shape index (κ1) is 14.4. The maximum atomic E-state index is 11.0. The number of nitrogens with one attached hydrogen (secondary N) is 1. The van der Waals surface area contributed by atoms with E-state index in [1.165, 1.54) is 6.07 Å². The second-order valence-corrected chi connectivity index (χ2v) is 4.79. The summed E-state index contributed by atoms with van der Waals surface area (Å²) in [5.74, 6) is 0. The Kier molecular flexibility index (Phi) is 4.65. The van der Waals surface area contributed by atoms with Crippen molar-refractivity contribution in [2.75, 3.05) is 0 Å². The molecular formula is C14H14ClN3O2. The molecule has 104 valence electrons. The van der Waals surface area contributed by atoms with Crippen molar-refractivity contribution in [3.05, 3.63) is 69.0 Å². The Bertz CT molecular complexity index is 605. The molecule has 0 aliphatic rings. The van der Waals surface area contributed by atoms with Gasteiger partial charge >= 0.3 is 0 Å².